The minimum Gasteiger partial charge on any atom is -0.437 e. The number of esters is 1. The highest BCUT2D eigenvalue weighted by Gasteiger charge is 2.37. The maximum Gasteiger partial charge on any atom is 0.356 e. The fourth-order valence-corrected chi connectivity index (χ4v) is 4.96. The Balaban J connectivity index is 2.37. The van der Waals surface area contributed by atoms with Gasteiger partial charge in [-0.3, -0.25) is 4.90 Å². The van der Waals surface area contributed by atoms with Crippen LogP contribution in [-0.4, -0.2) is 85.5 Å². The van der Waals surface area contributed by atoms with Crippen molar-refractivity contribution < 1.29 is 32.4 Å². The molecule has 0 saturated heterocycles. The van der Waals surface area contributed by atoms with Crippen molar-refractivity contribution in [1.29, 1.82) is 0 Å². The number of cyclic esters (lactones) is 1. The van der Waals surface area contributed by atoms with Crippen LogP contribution in [0.4, 0.5) is 4.79 Å². The number of hydrogen-bond acceptors (Lipinski definition) is 8. The lowest BCUT2D eigenvalue weighted by molar-refractivity contribution is -0.179. The minimum absolute atomic E-state index is 0.0563. The molecule has 2 amide bonds. The normalized spacial score (nSPS) is 18.8. The summed E-state index contributed by atoms with van der Waals surface area (Å²) in [6.45, 7) is 9.21. The quantitative estimate of drug-likeness (QED) is 0.453. The molecule has 34 heavy (non-hydrogen) atoms. The Hall–Kier alpha value is -2.92. The average molecular weight is 496 g/mol. The predicted molar refractivity (Wildman–Crippen MR) is 126 cm³/mol. The fourth-order valence-electron chi connectivity index (χ4n) is 3.48. The third-order valence-corrected chi connectivity index (χ3v) is 6.81. The molecule has 1 aromatic carbocycles. The van der Waals surface area contributed by atoms with Crippen LogP contribution in [0.1, 0.15) is 33.3 Å². The number of urea groups is 1. The van der Waals surface area contributed by atoms with Gasteiger partial charge in [0, 0.05) is 24.7 Å². The first-order chi connectivity index (χ1) is 16.1. The summed E-state index contributed by atoms with van der Waals surface area (Å²) >= 11 is 0. The van der Waals surface area contributed by atoms with Crippen LogP contribution in [0.3, 0.4) is 0 Å². The van der Waals surface area contributed by atoms with Gasteiger partial charge in [0.15, 0.2) is 16.1 Å². The van der Waals surface area contributed by atoms with E-state index >= 15 is 0 Å². The van der Waals surface area contributed by atoms with Gasteiger partial charge in [-0.05, 0) is 32.5 Å². The Kier molecular flexibility index (Phi) is 10.1. The molecule has 1 aromatic rings. The van der Waals surface area contributed by atoms with E-state index in [1.54, 1.807) is 44.2 Å². The van der Waals surface area contributed by atoms with E-state index in [9.17, 15) is 22.8 Å². The van der Waals surface area contributed by atoms with Gasteiger partial charge in [0.25, 0.3) is 0 Å². The van der Waals surface area contributed by atoms with Crippen LogP contribution in [0.5, 0.6) is 0 Å². The van der Waals surface area contributed by atoms with Crippen molar-refractivity contribution in [2.45, 2.75) is 45.7 Å². The molecule has 0 saturated carbocycles. The van der Waals surface area contributed by atoms with Crippen molar-refractivity contribution in [2.75, 3.05) is 31.9 Å². The van der Waals surface area contributed by atoms with Gasteiger partial charge in [-0.2, -0.15) is 5.06 Å². The van der Waals surface area contributed by atoms with E-state index in [1.807, 2.05) is 18.7 Å². The molecule has 2 rings (SSSR count). The standard InChI is InChI=1S/C23H33N3O7S/c1-5-24(6-2)14-15-25-23(29)26(18(3)4)20(32-21(27)12-13-22(28)33-25)17-34(30,31)16-19-10-8-7-9-11-19/h7-13,18,20H,5-6,14-17H2,1-4H3/b13-12-. The van der Waals surface area contributed by atoms with E-state index in [1.165, 1.54) is 0 Å². The van der Waals surface area contributed by atoms with Gasteiger partial charge in [-0.15, -0.1) is 0 Å². The van der Waals surface area contributed by atoms with Gasteiger partial charge in [0.1, 0.15) is 5.75 Å². The van der Waals surface area contributed by atoms with Crippen molar-refractivity contribution in [1.82, 2.24) is 14.9 Å². The highest BCUT2D eigenvalue weighted by Crippen LogP contribution is 2.18. The molecule has 11 heteroatoms. The summed E-state index contributed by atoms with van der Waals surface area (Å²) in [7, 11) is -3.79. The number of benzene rings is 1. The molecule has 0 spiro atoms. The second-order valence-electron chi connectivity index (χ2n) is 8.09. The molecule has 0 aromatic heterocycles. The summed E-state index contributed by atoms with van der Waals surface area (Å²) in [4.78, 5) is 46.2. The second-order valence-corrected chi connectivity index (χ2v) is 10.2. The van der Waals surface area contributed by atoms with E-state index in [0.29, 0.717) is 12.1 Å². The second kappa shape index (κ2) is 12.5. The van der Waals surface area contributed by atoms with Gasteiger partial charge >= 0.3 is 18.0 Å². The van der Waals surface area contributed by atoms with Crippen LogP contribution in [-0.2, 0) is 34.8 Å². The van der Waals surface area contributed by atoms with Crippen LogP contribution in [0.25, 0.3) is 0 Å². The third kappa shape index (κ3) is 8.14. The first-order valence-corrected chi connectivity index (χ1v) is 13.1. The number of sulfone groups is 1. The molecule has 0 aliphatic carbocycles. The van der Waals surface area contributed by atoms with E-state index in [-0.39, 0.29) is 12.3 Å². The summed E-state index contributed by atoms with van der Waals surface area (Å²) < 4.78 is 31.3. The van der Waals surface area contributed by atoms with Crippen LogP contribution >= 0.6 is 0 Å². The first kappa shape index (κ1) is 27.3. The van der Waals surface area contributed by atoms with E-state index in [2.05, 4.69) is 0 Å². The summed E-state index contributed by atoms with van der Waals surface area (Å²) in [5.74, 6) is -2.75. The van der Waals surface area contributed by atoms with Gasteiger partial charge < -0.3 is 14.5 Å². The topological polar surface area (TPSA) is 114 Å². The van der Waals surface area contributed by atoms with Crippen LogP contribution in [0.2, 0.25) is 0 Å². The summed E-state index contributed by atoms with van der Waals surface area (Å²) in [6.07, 6.45) is 0.294. The molecule has 0 N–H and O–H groups in total. The molecule has 188 valence electrons. The average Bonchev–Trinajstić information content (AvgIpc) is 2.76. The molecule has 1 aliphatic rings. The fraction of sp³-hybridized carbons (Fsp3) is 0.522. The molecule has 1 aliphatic heterocycles. The Bertz CT molecular complexity index is 976. The van der Waals surface area contributed by atoms with E-state index < -0.39 is 45.8 Å². The maximum atomic E-state index is 13.4. The van der Waals surface area contributed by atoms with E-state index in [4.69, 9.17) is 9.57 Å². The van der Waals surface area contributed by atoms with Gasteiger partial charge in [0.05, 0.1) is 12.3 Å². The summed E-state index contributed by atoms with van der Waals surface area (Å²) in [6, 6.07) is 7.27. The number of amides is 2. The van der Waals surface area contributed by atoms with Gasteiger partial charge in [0.2, 0.25) is 0 Å². The number of hydroxylamine groups is 2. The molecule has 0 radical (unpaired) electrons. The molecule has 1 heterocycles. The van der Waals surface area contributed by atoms with E-state index in [0.717, 1.165) is 35.2 Å². The molecule has 10 nitrogen and oxygen atoms in total. The van der Waals surface area contributed by atoms with Crippen molar-refractivity contribution in [3.63, 3.8) is 0 Å². The zero-order chi connectivity index (χ0) is 25.3. The smallest absolute Gasteiger partial charge is 0.356 e. The number of ether oxygens (including phenoxy) is 1. The van der Waals surface area contributed by atoms with Crippen molar-refractivity contribution in [3.8, 4) is 0 Å². The largest absolute Gasteiger partial charge is 0.437 e. The molecule has 1 atom stereocenters. The number of hydrogen-bond donors (Lipinski definition) is 0. The summed E-state index contributed by atoms with van der Waals surface area (Å²) in [5.41, 5.74) is 0.575. The third-order valence-electron chi connectivity index (χ3n) is 5.25. The van der Waals surface area contributed by atoms with Crippen molar-refractivity contribution in [3.05, 3.63) is 48.0 Å². The number of carbonyl (C=O) groups excluding carboxylic acids is 3. The minimum atomic E-state index is -3.79. The number of carbonyl (C=O) groups is 3. The molecule has 0 bridgehead atoms. The Morgan fingerprint density at radius 2 is 1.62 bits per heavy atom. The molecular formula is C23H33N3O7S. The number of likely N-dealkylation sites (N-methyl/N-ethyl adjacent to an activating group) is 1. The summed E-state index contributed by atoms with van der Waals surface area (Å²) in [5, 5.41) is 0.890. The highest BCUT2D eigenvalue weighted by molar-refractivity contribution is 7.90. The first-order valence-electron chi connectivity index (χ1n) is 11.2. The zero-order valence-corrected chi connectivity index (χ0v) is 20.9. The zero-order valence-electron chi connectivity index (χ0n) is 20.0. The molecule has 1 unspecified atom stereocenters. The number of nitrogens with zero attached hydrogens (tertiary/aromatic N) is 3. The Labute approximate surface area is 201 Å². The van der Waals surface area contributed by atoms with Crippen molar-refractivity contribution in [2.24, 2.45) is 0 Å². The molecular weight excluding hydrogens is 462 g/mol. The lowest BCUT2D eigenvalue weighted by atomic mass is 10.2. The molecule has 0 fully saturated rings. The van der Waals surface area contributed by atoms with Gasteiger partial charge in [-0.25, -0.2) is 22.8 Å². The van der Waals surface area contributed by atoms with Crippen LogP contribution in [0.15, 0.2) is 42.5 Å². The van der Waals surface area contributed by atoms with Crippen LogP contribution < -0.4 is 0 Å². The lowest BCUT2D eigenvalue weighted by Gasteiger charge is -2.37. The SMILES string of the molecule is CCN(CC)CCN1OC(=O)/C=C\C(=O)OC(CS(=O)(=O)Cc2ccccc2)N(C(C)C)C1=O. The monoisotopic (exact) mass is 495 g/mol. The Morgan fingerprint density at radius 3 is 2.21 bits per heavy atom. The van der Waals surface area contributed by atoms with Crippen LogP contribution in [0, 0.1) is 0 Å². The Morgan fingerprint density at radius 1 is 1.00 bits per heavy atom. The van der Waals surface area contributed by atoms with Crippen molar-refractivity contribution >= 4 is 27.8 Å². The maximum absolute atomic E-state index is 13.4. The lowest BCUT2D eigenvalue weighted by Crippen LogP contribution is -2.56. The van der Waals surface area contributed by atoms with Gasteiger partial charge in [-0.1, -0.05) is 44.2 Å². The predicted octanol–water partition coefficient (Wildman–Crippen LogP) is 1.97. The highest BCUT2D eigenvalue weighted by atomic mass is 32.2. The number of rotatable bonds is 10.